The van der Waals surface area contributed by atoms with E-state index in [4.69, 9.17) is 18.9 Å². The normalized spacial score (nSPS) is 13.9. The number of amides is 2. The highest BCUT2D eigenvalue weighted by Gasteiger charge is 2.25. The van der Waals surface area contributed by atoms with Crippen molar-refractivity contribution in [2.75, 3.05) is 54.1 Å². The third-order valence-electron chi connectivity index (χ3n) is 5.43. The van der Waals surface area contributed by atoms with Gasteiger partial charge in [0.15, 0.2) is 18.1 Å². The number of carbonyl (C=O) groups excluding carboxylic acids is 2. The minimum atomic E-state index is -0.144. The summed E-state index contributed by atoms with van der Waals surface area (Å²) in [5, 5.41) is 0. The third-order valence-corrected chi connectivity index (χ3v) is 5.43. The molecule has 8 heteroatoms. The zero-order chi connectivity index (χ0) is 23.1. The van der Waals surface area contributed by atoms with Crippen LogP contribution in [0.15, 0.2) is 36.4 Å². The molecule has 0 atom stereocenters. The van der Waals surface area contributed by atoms with Crippen molar-refractivity contribution < 1.29 is 28.5 Å². The van der Waals surface area contributed by atoms with Crippen LogP contribution >= 0.6 is 0 Å². The van der Waals surface area contributed by atoms with Crippen molar-refractivity contribution in [1.29, 1.82) is 0 Å². The largest absolute Gasteiger partial charge is 0.493 e. The lowest BCUT2D eigenvalue weighted by Crippen LogP contribution is -2.39. The highest BCUT2D eigenvalue weighted by atomic mass is 16.5. The molecular weight excluding hydrogens is 412 g/mol. The van der Waals surface area contributed by atoms with E-state index >= 15 is 0 Å². The molecule has 1 heterocycles. The summed E-state index contributed by atoms with van der Waals surface area (Å²) >= 11 is 0. The standard InChI is InChI=1S/C24H30N2O6/c1-17-6-8-19(9-7-17)32-16-22(27)25-10-5-11-26(13-12-25)24(28)18-14-20(29-2)23(31-4)21(15-18)30-3/h6-9,14-15H,5,10-13,16H2,1-4H3. The van der Waals surface area contributed by atoms with Gasteiger partial charge in [-0.25, -0.2) is 0 Å². The lowest BCUT2D eigenvalue weighted by molar-refractivity contribution is -0.133. The van der Waals surface area contributed by atoms with Crippen molar-refractivity contribution in [2.24, 2.45) is 0 Å². The van der Waals surface area contributed by atoms with E-state index in [1.165, 1.54) is 21.3 Å². The second-order valence-corrected chi connectivity index (χ2v) is 7.54. The Morgan fingerprint density at radius 2 is 1.44 bits per heavy atom. The van der Waals surface area contributed by atoms with Gasteiger partial charge in [-0.3, -0.25) is 9.59 Å². The fourth-order valence-electron chi connectivity index (χ4n) is 3.63. The number of nitrogens with zero attached hydrogens (tertiary/aromatic N) is 2. The van der Waals surface area contributed by atoms with Crippen molar-refractivity contribution in [2.45, 2.75) is 13.3 Å². The smallest absolute Gasteiger partial charge is 0.260 e. The van der Waals surface area contributed by atoms with Gasteiger partial charge in [0.05, 0.1) is 21.3 Å². The first-order chi connectivity index (χ1) is 15.5. The summed E-state index contributed by atoms with van der Waals surface area (Å²) in [5.41, 5.74) is 1.58. The Kier molecular flexibility index (Phi) is 7.81. The number of methoxy groups -OCH3 is 3. The molecule has 0 radical (unpaired) electrons. The number of ether oxygens (including phenoxy) is 4. The van der Waals surface area contributed by atoms with Crippen LogP contribution in [0.1, 0.15) is 22.3 Å². The fourth-order valence-corrected chi connectivity index (χ4v) is 3.63. The molecule has 1 fully saturated rings. The van der Waals surface area contributed by atoms with Gasteiger partial charge < -0.3 is 28.7 Å². The van der Waals surface area contributed by atoms with Crippen LogP contribution < -0.4 is 18.9 Å². The van der Waals surface area contributed by atoms with Crippen molar-refractivity contribution in [3.05, 3.63) is 47.5 Å². The van der Waals surface area contributed by atoms with Crippen LogP contribution in [0.3, 0.4) is 0 Å². The van der Waals surface area contributed by atoms with Gasteiger partial charge >= 0.3 is 0 Å². The SMILES string of the molecule is COc1cc(C(=O)N2CCCN(C(=O)COc3ccc(C)cc3)CC2)cc(OC)c1OC. The first-order valence-corrected chi connectivity index (χ1v) is 10.5. The van der Waals surface area contributed by atoms with Gasteiger partial charge in [-0.1, -0.05) is 17.7 Å². The summed E-state index contributed by atoms with van der Waals surface area (Å²) in [4.78, 5) is 29.3. The lowest BCUT2D eigenvalue weighted by atomic mass is 10.1. The molecule has 1 aliphatic heterocycles. The average Bonchev–Trinajstić information content (AvgIpc) is 3.08. The molecule has 0 unspecified atom stereocenters. The van der Waals surface area contributed by atoms with Gasteiger partial charge in [0, 0.05) is 31.7 Å². The molecule has 8 nitrogen and oxygen atoms in total. The fraction of sp³-hybridized carbons (Fsp3) is 0.417. The highest BCUT2D eigenvalue weighted by Crippen LogP contribution is 2.38. The molecule has 32 heavy (non-hydrogen) atoms. The van der Waals surface area contributed by atoms with Crippen LogP contribution in [-0.4, -0.2) is 75.7 Å². The van der Waals surface area contributed by atoms with E-state index in [0.29, 0.717) is 61.2 Å². The number of carbonyl (C=O) groups is 2. The van der Waals surface area contributed by atoms with E-state index in [2.05, 4.69) is 0 Å². The predicted octanol–water partition coefficient (Wildman–Crippen LogP) is 2.77. The summed E-state index contributed by atoms with van der Waals surface area (Å²) < 4.78 is 21.7. The van der Waals surface area contributed by atoms with Crippen molar-refractivity contribution in [3.8, 4) is 23.0 Å². The molecule has 2 aromatic rings. The zero-order valence-corrected chi connectivity index (χ0v) is 19.1. The minimum absolute atomic E-state index is 0.0239. The van der Waals surface area contributed by atoms with E-state index in [-0.39, 0.29) is 18.4 Å². The second-order valence-electron chi connectivity index (χ2n) is 7.54. The maximum Gasteiger partial charge on any atom is 0.260 e. The Labute approximate surface area is 188 Å². The Hall–Kier alpha value is -3.42. The summed E-state index contributed by atoms with van der Waals surface area (Å²) in [6.07, 6.45) is 0.687. The monoisotopic (exact) mass is 442 g/mol. The molecule has 0 spiro atoms. The van der Waals surface area contributed by atoms with E-state index in [1.807, 2.05) is 31.2 Å². The number of hydrogen-bond acceptors (Lipinski definition) is 6. The predicted molar refractivity (Wildman–Crippen MR) is 120 cm³/mol. The van der Waals surface area contributed by atoms with Gasteiger partial charge in [0.2, 0.25) is 5.75 Å². The maximum absolute atomic E-state index is 13.1. The molecule has 1 aliphatic rings. The molecule has 2 amide bonds. The molecule has 0 aromatic heterocycles. The van der Waals surface area contributed by atoms with Crippen LogP contribution in [0.4, 0.5) is 0 Å². The zero-order valence-electron chi connectivity index (χ0n) is 19.1. The molecule has 0 N–H and O–H groups in total. The summed E-state index contributed by atoms with van der Waals surface area (Å²) in [7, 11) is 4.55. The Morgan fingerprint density at radius 3 is 2.03 bits per heavy atom. The Morgan fingerprint density at radius 1 is 0.844 bits per heavy atom. The van der Waals surface area contributed by atoms with Crippen molar-refractivity contribution in [3.63, 3.8) is 0 Å². The lowest BCUT2D eigenvalue weighted by Gasteiger charge is -2.23. The van der Waals surface area contributed by atoms with Crippen LogP contribution in [0.5, 0.6) is 23.0 Å². The third kappa shape index (κ3) is 5.43. The Bertz CT molecular complexity index is 919. The molecular formula is C24H30N2O6. The van der Waals surface area contributed by atoms with Gasteiger partial charge in [0.25, 0.3) is 11.8 Å². The van der Waals surface area contributed by atoms with Crippen molar-refractivity contribution >= 4 is 11.8 Å². The van der Waals surface area contributed by atoms with E-state index in [0.717, 1.165) is 5.56 Å². The molecule has 172 valence electrons. The molecule has 0 bridgehead atoms. The molecule has 2 aromatic carbocycles. The summed E-state index contributed by atoms with van der Waals surface area (Å²) in [5.74, 6) is 1.72. The first-order valence-electron chi connectivity index (χ1n) is 10.5. The molecule has 0 saturated carbocycles. The van der Waals surface area contributed by atoms with Gasteiger partial charge in [-0.15, -0.1) is 0 Å². The second kappa shape index (κ2) is 10.7. The van der Waals surface area contributed by atoms with Crippen molar-refractivity contribution in [1.82, 2.24) is 9.80 Å². The summed E-state index contributed by atoms with van der Waals surface area (Å²) in [6.45, 7) is 3.99. The quantitative estimate of drug-likeness (QED) is 0.656. The topological polar surface area (TPSA) is 77.5 Å². The number of rotatable bonds is 7. The number of aryl methyl sites for hydroxylation is 1. The van der Waals surface area contributed by atoms with E-state index in [9.17, 15) is 9.59 Å². The van der Waals surface area contributed by atoms with Gasteiger partial charge in [-0.05, 0) is 37.6 Å². The Balaban J connectivity index is 1.62. The summed E-state index contributed by atoms with van der Waals surface area (Å²) in [6, 6.07) is 10.9. The molecule has 3 rings (SSSR count). The van der Waals surface area contributed by atoms with Crippen LogP contribution in [0, 0.1) is 6.92 Å². The van der Waals surface area contributed by atoms with Crippen LogP contribution in [-0.2, 0) is 4.79 Å². The van der Waals surface area contributed by atoms with Crippen LogP contribution in [0.25, 0.3) is 0 Å². The van der Waals surface area contributed by atoms with E-state index < -0.39 is 0 Å². The highest BCUT2D eigenvalue weighted by molar-refractivity contribution is 5.95. The minimum Gasteiger partial charge on any atom is -0.493 e. The van der Waals surface area contributed by atoms with Crippen LogP contribution in [0.2, 0.25) is 0 Å². The molecule has 0 aliphatic carbocycles. The van der Waals surface area contributed by atoms with E-state index in [1.54, 1.807) is 21.9 Å². The number of hydrogen-bond donors (Lipinski definition) is 0. The maximum atomic E-state index is 13.1. The van der Waals surface area contributed by atoms with Gasteiger partial charge in [0.1, 0.15) is 5.75 Å². The average molecular weight is 443 g/mol. The first kappa shape index (κ1) is 23.2. The number of benzene rings is 2. The molecule has 1 saturated heterocycles. The van der Waals surface area contributed by atoms with Gasteiger partial charge in [-0.2, -0.15) is 0 Å².